The number of nitrogens with zero attached hydrogens (tertiary/aromatic N) is 1. The fourth-order valence-electron chi connectivity index (χ4n) is 3.41. The number of hydrogen-bond acceptors (Lipinski definition) is 3. The van der Waals surface area contributed by atoms with Gasteiger partial charge in [-0.15, -0.1) is 0 Å². The van der Waals surface area contributed by atoms with Crippen molar-refractivity contribution in [2.45, 2.75) is 32.6 Å². The Bertz CT molecular complexity index is 1200. The van der Waals surface area contributed by atoms with Gasteiger partial charge in [0.15, 0.2) is 0 Å². The summed E-state index contributed by atoms with van der Waals surface area (Å²) in [6, 6.07) is 17.2. The van der Waals surface area contributed by atoms with E-state index in [2.05, 4.69) is 5.32 Å². The van der Waals surface area contributed by atoms with Gasteiger partial charge in [-0.3, -0.25) is 9.10 Å². The van der Waals surface area contributed by atoms with E-state index >= 15 is 0 Å². The molecule has 0 aliphatic carbocycles. The van der Waals surface area contributed by atoms with Crippen LogP contribution in [0.15, 0.2) is 65.6 Å². The number of amides is 1. The first kappa shape index (κ1) is 22.8. The van der Waals surface area contributed by atoms with E-state index in [1.54, 1.807) is 49.4 Å². The third kappa shape index (κ3) is 5.46. The average Bonchev–Trinajstić information content (AvgIpc) is 2.66. The number of sulfonamides is 1. The minimum atomic E-state index is -3.98. The zero-order valence-corrected chi connectivity index (χ0v) is 19.5. The second-order valence-electron chi connectivity index (χ2n) is 7.68. The molecule has 162 valence electrons. The molecule has 0 aliphatic rings. The average molecular weight is 457 g/mol. The molecule has 0 unspecified atom stereocenters. The van der Waals surface area contributed by atoms with Crippen molar-refractivity contribution in [2.24, 2.45) is 0 Å². The van der Waals surface area contributed by atoms with Gasteiger partial charge in [-0.1, -0.05) is 35.4 Å². The van der Waals surface area contributed by atoms with Crippen molar-refractivity contribution in [1.82, 2.24) is 0 Å². The Morgan fingerprint density at radius 3 is 2.06 bits per heavy atom. The van der Waals surface area contributed by atoms with Gasteiger partial charge in [-0.25, -0.2) is 8.42 Å². The third-order valence-electron chi connectivity index (χ3n) is 4.83. The molecule has 0 fully saturated rings. The Balaban J connectivity index is 1.99. The first-order valence-corrected chi connectivity index (χ1v) is 11.6. The van der Waals surface area contributed by atoms with Crippen LogP contribution in [0.5, 0.6) is 0 Å². The lowest BCUT2D eigenvalue weighted by atomic mass is 10.1. The largest absolute Gasteiger partial charge is 0.324 e. The van der Waals surface area contributed by atoms with Crippen molar-refractivity contribution >= 4 is 38.9 Å². The number of hydrogen-bond donors (Lipinski definition) is 1. The van der Waals surface area contributed by atoms with E-state index in [0.717, 1.165) is 21.0 Å². The summed E-state index contributed by atoms with van der Waals surface area (Å²) >= 11 is 6.07. The highest BCUT2D eigenvalue weighted by atomic mass is 35.5. The van der Waals surface area contributed by atoms with Crippen LogP contribution in [0.4, 0.5) is 11.4 Å². The predicted octanol–water partition coefficient (Wildman–Crippen LogP) is 5.41. The molecule has 5 nitrogen and oxygen atoms in total. The van der Waals surface area contributed by atoms with Gasteiger partial charge in [0, 0.05) is 10.7 Å². The van der Waals surface area contributed by atoms with Crippen LogP contribution in [-0.2, 0) is 14.8 Å². The first-order valence-electron chi connectivity index (χ1n) is 9.80. The molecule has 0 spiro atoms. The Kier molecular flexibility index (Phi) is 6.72. The van der Waals surface area contributed by atoms with Crippen LogP contribution in [0.2, 0.25) is 5.02 Å². The maximum atomic E-state index is 13.5. The Morgan fingerprint density at radius 1 is 0.871 bits per heavy atom. The lowest BCUT2D eigenvalue weighted by Crippen LogP contribution is -2.38. The predicted molar refractivity (Wildman–Crippen MR) is 126 cm³/mol. The number of rotatable bonds is 6. The normalized spacial score (nSPS) is 11.3. The second kappa shape index (κ2) is 9.12. The summed E-state index contributed by atoms with van der Waals surface area (Å²) in [5.74, 6) is -0.435. The SMILES string of the molecule is Cc1ccc(S(=O)(=O)N(CC(=O)Nc2cc(C)cc(C)c2)c2ccc(Cl)cc2C)cc1. The Hall–Kier alpha value is -2.83. The van der Waals surface area contributed by atoms with Gasteiger partial charge in [-0.2, -0.15) is 0 Å². The van der Waals surface area contributed by atoms with Crippen molar-refractivity contribution < 1.29 is 13.2 Å². The molecule has 0 atom stereocenters. The van der Waals surface area contributed by atoms with Crippen LogP contribution in [0.1, 0.15) is 22.3 Å². The maximum absolute atomic E-state index is 13.5. The number of carbonyl (C=O) groups excluding carboxylic acids is 1. The van der Waals surface area contributed by atoms with Crippen LogP contribution >= 0.6 is 11.6 Å². The molecule has 0 saturated heterocycles. The summed E-state index contributed by atoms with van der Waals surface area (Å²) in [5.41, 5.74) is 4.65. The van der Waals surface area contributed by atoms with Gasteiger partial charge < -0.3 is 5.32 Å². The fraction of sp³-hybridized carbons (Fsp3) is 0.208. The van der Waals surface area contributed by atoms with Gasteiger partial charge in [0.2, 0.25) is 5.91 Å². The summed E-state index contributed by atoms with van der Waals surface area (Å²) in [6.07, 6.45) is 0. The highest BCUT2D eigenvalue weighted by Crippen LogP contribution is 2.29. The summed E-state index contributed by atoms with van der Waals surface area (Å²) < 4.78 is 28.1. The topological polar surface area (TPSA) is 66.5 Å². The van der Waals surface area contributed by atoms with E-state index in [-0.39, 0.29) is 11.4 Å². The first-order chi connectivity index (χ1) is 14.6. The van der Waals surface area contributed by atoms with Crippen LogP contribution in [0.3, 0.4) is 0 Å². The minimum absolute atomic E-state index is 0.117. The van der Waals surface area contributed by atoms with Gasteiger partial charge in [-0.05, 0) is 86.8 Å². The van der Waals surface area contributed by atoms with Crippen LogP contribution in [0.25, 0.3) is 0 Å². The lowest BCUT2D eigenvalue weighted by Gasteiger charge is -2.26. The zero-order valence-electron chi connectivity index (χ0n) is 17.9. The molecule has 1 N–H and O–H groups in total. The van der Waals surface area contributed by atoms with Crippen molar-refractivity contribution in [1.29, 1.82) is 0 Å². The molecule has 0 heterocycles. The minimum Gasteiger partial charge on any atom is -0.324 e. The van der Waals surface area contributed by atoms with E-state index in [1.807, 2.05) is 39.0 Å². The molecule has 3 aromatic carbocycles. The molecule has 1 amide bonds. The standard InChI is InChI=1S/C24H25ClN2O3S/c1-16-5-8-22(9-6-16)31(29,30)27(23-10-7-20(25)14-19(23)4)15-24(28)26-21-12-17(2)11-18(3)13-21/h5-14H,15H2,1-4H3,(H,26,28). The van der Waals surface area contributed by atoms with Crippen LogP contribution in [-0.4, -0.2) is 20.9 Å². The third-order valence-corrected chi connectivity index (χ3v) is 6.84. The Labute approximate surface area is 188 Å². The summed E-state index contributed by atoms with van der Waals surface area (Å²) in [6.45, 7) is 7.16. The molecule has 7 heteroatoms. The molecular formula is C24H25ClN2O3S. The summed E-state index contributed by atoms with van der Waals surface area (Å²) in [7, 11) is -3.98. The summed E-state index contributed by atoms with van der Waals surface area (Å²) in [5, 5.41) is 3.31. The van der Waals surface area contributed by atoms with Crippen LogP contribution in [0, 0.1) is 27.7 Å². The van der Waals surface area contributed by atoms with Crippen molar-refractivity contribution in [2.75, 3.05) is 16.2 Å². The van der Waals surface area contributed by atoms with Gasteiger partial charge >= 0.3 is 0 Å². The van der Waals surface area contributed by atoms with Crippen LogP contribution < -0.4 is 9.62 Å². The highest BCUT2D eigenvalue weighted by molar-refractivity contribution is 7.92. The zero-order chi connectivity index (χ0) is 22.8. The number of benzene rings is 3. The molecule has 0 bridgehead atoms. The van der Waals surface area contributed by atoms with Gasteiger partial charge in [0.05, 0.1) is 10.6 Å². The molecule has 0 saturated carbocycles. The number of anilines is 2. The molecule has 3 rings (SSSR count). The lowest BCUT2D eigenvalue weighted by molar-refractivity contribution is -0.114. The van der Waals surface area contributed by atoms with Crippen molar-refractivity contribution in [3.05, 3.63) is 87.9 Å². The number of nitrogens with one attached hydrogen (secondary N) is 1. The number of halogens is 1. The molecule has 3 aromatic rings. The van der Waals surface area contributed by atoms with Crippen molar-refractivity contribution in [3.8, 4) is 0 Å². The monoisotopic (exact) mass is 456 g/mol. The Morgan fingerprint density at radius 2 is 1.48 bits per heavy atom. The fourth-order valence-corrected chi connectivity index (χ4v) is 5.13. The molecule has 0 aliphatic heterocycles. The van der Waals surface area contributed by atoms with E-state index in [0.29, 0.717) is 22.0 Å². The quantitative estimate of drug-likeness (QED) is 0.539. The van der Waals surface area contributed by atoms with E-state index in [1.165, 1.54) is 0 Å². The van der Waals surface area contributed by atoms with Crippen molar-refractivity contribution in [3.63, 3.8) is 0 Å². The second-order valence-corrected chi connectivity index (χ2v) is 9.98. The smallest absolute Gasteiger partial charge is 0.264 e. The number of carbonyl (C=O) groups is 1. The number of aryl methyl sites for hydroxylation is 4. The van der Waals surface area contributed by atoms with Gasteiger partial charge in [0.25, 0.3) is 10.0 Å². The molecule has 0 aromatic heterocycles. The highest BCUT2D eigenvalue weighted by Gasteiger charge is 2.28. The van der Waals surface area contributed by atoms with Gasteiger partial charge in [0.1, 0.15) is 6.54 Å². The molecule has 31 heavy (non-hydrogen) atoms. The molecule has 0 radical (unpaired) electrons. The van der Waals surface area contributed by atoms with E-state index < -0.39 is 15.9 Å². The summed E-state index contributed by atoms with van der Waals surface area (Å²) in [4.78, 5) is 13.0. The maximum Gasteiger partial charge on any atom is 0.264 e. The van der Waals surface area contributed by atoms with E-state index in [4.69, 9.17) is 11.6 Å². The van der Waals surface area contributed by atoms with E-state index in [9.17, 15) is 13.2 Å². The molecular weight excluding hydrogens is 432 g/mol.